The molecule has 0 aromatic heterocycles. The summed E-state index contributed by atoms with van der Waals surface area (Å²) in [6.07, 6.45) is 4.12. The fourth-order valence-electron chi connectivity index (χ4n) is 4.00. The number of fused-ring (bicyclic) bond motifs is 1. The van der Waals surface area contributed by atoms with Gasteiger partial charge in [-0.05, 0) is 42.7 Å². The smallest absolute Gasteiger partial charge is 0.319 e. The van der Waals surface area contributed by atoms with Gasteiger partial charge in [0, 0.05) is 11.6 Å². The number of anilines is 1. The van der Waals surface area contributed by atoms with Crippen LogP contribution in [0.1, 0.15) is 16.7 Å². The minimum Gasteiger partial charge on any atom is -0.373 e. The molecule has 2 aromatic carbocycles. The SMILES string of the molecule is Cc1cc(C)cc(NC(=O)N[C@H]2COC3[C@H](/C=C\c4ccccc4)CO[C@@H]32)c1. The van der Waals surface area contributed by atoms with Gasteiger partial charge in [0.2, 0.25) is 0 Å². The van der Waals surface area contributed by atoms with E-state index in [1.807, 2.05) is 44.2 Å². The summed E-state index contributed by atoms with van der Waals surface area (Å²) >= 11 is 0. The number of carbonyl (C=O) groups is 1. The first kappa shape index (κ1) is 18.7. The first-order valence-corrected chi connectivity index (χ1v) is 9.71. The molecule has 2 saturated heterocycles. The fraction of sp³-hybridized carbons (Fsp3) is 0.348. The van der Waals surface area contributed by atoms with Crippen LogP contribution in [0.4, 0.5) is 10.5 Å². The molecule has 2 aromatic rings. The maximum atomic E-state index is 12.4. The first-order chi connectivity index (χ1) is 13.6. The van der Waals surface area contributed by atoms with Crippen LogP contribution in [-0.2, 0) is 9.47 Å². The molecule has 1 unspecified atom stereocenters. The maximum absolute atomic E-state index is 12.4. The normalized spacial score (nSPS) is 26.4. The van der Waals surface area contributed by atoms with Crippen molar-refractivity contribution in [2.45, 2.75) is 32.1 Å². The van der Waals surface area contributed by atoms with Gasteiger partial charge in [-0.1, -0.05) is 48.6 Å². The van der Waals surface area contributed by atoms with E-state index in [0.717, 1.165) is 22.4 Å². The van der Waals surface area contributed by atoms with Crippen molar-refractivity contribution in [1.29, 1.82) is 0 Å². The Morgan fingerprint density at radius 2 is 1.71 bits per heavy atom. The van der Waals surface area contributed by atoms with Gasteiger partial charge >= 0.3 is 6.03 Å². The zero-order valence-electron chi connectivity index (χ0n) is 16.2. The molecular weight excluding hydrogens is 352 g/mol. The lowest BCUT2D eigenvalue weighted by Crippen LogP contribution is -2.45. The molecule has 28 heavy (non-hydrogen) atoms. The summed E-state index contributed by atoms with van der Waals surface area (Å²) in [4.78, 5) is 12.4. The van der Waals surface area contributed by atoms with Crippen molar-refractivity contribution in [3.8, 4) is 0 Å². The third-order valence-electron chi connectivity index (χ3n) is 5.22. The van der Waals surface area contributed by atoms with Crippen molar-refractivity contribution in [3.63, 3.8) is 0 Å². The van der Waals surface area contributed by atoms with E-state index in [1.54, 1.807) is 0 Å². The molecule has 2 amide bonds. The molecule has 0 spiro atoms. The number of carbonyl (C=O) groups excluding carboxylic acids is 1. The second-order valence-corrected chi connectivity index (χ2v) is 7.61. The third-order valence-corrected chi connectivity index (χ3v) is 5.22. The summed E-state index contributed by atoms with van der Waals surface area (Å²) in [5.74, 6) is 0.194. The molecule has 2 N–H and O–H groups in total. The highest BCUT2D eigenvalue weighted by molar-refractivity contribution is 5.89. The quantitative estimate of drug-likeness (QED) is 0.848. The van der Waals surface area contributed by atoms with Crippen LogP contribution in [-0.4, -0.2) is 37.5 Å². The molecule has 2 aliphatic heterocycles. The zero-order chi connectivity index (χ0) is 19.5. The summed E-state index contributed by atoms with van der Waals surface area (Å²) in [7, 11) is 0. The molecule has 0 radical (unpaired) electrons. The molecule has 146 valence electrons. The second-order valence-electron chi connectivity index (χ2n) is 7.61. The largest absolute Gasteiger partial charge is 0.373 e. The average molecular weight is 378 g/mol. The maximum Gasteiger partial charge on any atom is 0.319 e. The van der Waals surface area contributed by atoms with Crippen LogP contribution in [0.15, 0.2) is 54.6 Å². The van der Waals surface area contributed by atoms with E-state index in [9.17, 15) is 4.79 Å². The van der Waals surface area contributed by atoms with Gasteiger partial charge in [-0.3, -0.25) is 0 Å². The lowest BCUT2D eigenvalue weighted by atomic mass is 9.99. The number of hydrogen-bond donors (Lipinski definition) is 2. The lowest BCUT2D eigenvalue weighted by Gasteiger charge is -2.18. The predicted octanol–water partition coefficient (Wildman–Crippen LogP) is 3.92. The number of rotatable bonds is 4. The molecule has 4 rings (SSSR count). The topological polar surface area (TPSA) is 59.6 Å². The van der Waals surface area contributed by atoms with Crippen molar-refractivity contribution in [3.05, 3.63) is 71.3 Å². The van der Waals surface area contributed by atoms with Crippen molar-refractivity contribution in [1.82, 2.24) is 5.32 Å². The van der Waals surface area contributed by atoms with Crippen LogP contribution >= 0.6 is 0 Å². The van der Waals surface area contributed by atoms with Crippen molar-refractivity contribution < 1.29 is 14.3 Å². The van der Waals surface area contributed by atoms with Crippen molar-refractivity contribution >= 4 is 17.8 Å². The lowest BCUT2D eigenvalue weighted by molar-refractivity contribution is 0.0662. The molecular formula is C23H26N2O3. The first-order valence-electron chi connectivity index (χ1n) is 9.71. The Labute approximate surface area is 165 Å². The van der Waals surface area contributed by atoms with Gasteiger partial charge in [0.15, 0.2) is 0 Å². The zero-order valence-corrected chi connectivity index (χ0v) is 16.2. The Bertz CT molecular complexity index is 845. The van der Waals surface area contributed by atoms with E-state index in [2.05, 4.69) is 41.0 Å². The molecule has 2 aliphatic rings. The van der Waals surface area contributed by atoms with Crippen LogP contribution in [0.5, 0.6) is 0 Å². The van der Waals surface area contributed by atoms with Gasteiger partial charge in [-0.25, -0.2) is 4.79 Å². The second kappa shape index (κ2) is 8.17. The Hall–Kier alpha value is -2.63. The number of urea groups is 1. The number of amides is 2. The van der Waals surface area contributed by atoms with E-state index < -0.39 is 0 Å². The van der Waals surface area contributed by atoms with Crippen LogP contribution in [0.25, 0.3) is 6.08 Å². The Morgan fingerprint density at radius 3 is 2.46 bits per heavy atom. The van der Waals surface area contributed by atoms with E-state index >= 15 is 0 Å². The van der Waals surface area contributed by atoms with Crippen molar-refractivity contribution in [2.75, 3.05) is 18.5 Å². The number of ether oxygens (including phenoxy) is 2. The Balaban J connectivity index is 1.34. The van der Waals surface area contributed by atoms with Crippen LogP contribution in [0, 0.1) is 19.8 Å². The van der Waals surface area contributed by atoms with Crippen LogP contribution < -0.4 is 10.6 Å². The minimum atomic E-state index is -0.230. The number of nitrogens with one attached hydrogen (secondary N) is 2. The fourth-order valence-corrected chi connectivity index (χ4v) is 4.00. The van der Waals surface area contributed by atoms with Gasteiger partial charge in [-0.15, -0.1) is 0 Å². The summed E-state index contributed by atoms with van der Waals surface area (Å²) in [5, 5.41) is 5.92. The van der Waals surface area contributed by atoms with Crippen LogP contribution in [0.2, 0.25) is 0 Å². The monoisotopic (exact) mass is 378 g/mol. The Kier molecular flexibility index (Phi) is 5.46. The van der Waals surface area contributed by atoms with Crippen molar-refractivity contribution in [2.24, 2.45) is 5.92 Å². The predicted molar refractivity (Wildman–Crippen MR) is 110 cm³/mol. The van der Waals surface area contributed by atoms with E-state index in [0.29, 0.717) is 13.2 Å². The molecule has 5 heteroatoms. The van der Waals surface area contributed by atoms with Gasteiger partial charge < -0.3 is 20.1 Å². The molecule has 2 fully saturated rings. The van der Waals surface area contributed by atoms with Gasteiger partial charge in [-0.2, -0.15) is 0 Å². The van der Waals surface area contributed by atoms with Gasteiger partial charge in [0.1, 0.15) is 6.10 Å². The summed E-state index contributed by atoms with van der Waals surface area (Å²) in [6.45, 7) is 5.10. The van der Waals surface area contributed by atoms with Gasteiger partial charge in [0.25, 0.3) is 0 Å². The van der Waals surface area contributed by atoms with E-state index in [-0.39, 0.29) is 30.2 Å². The summed E-state index contributed by atoms with van der Waals surface area (Å²) in [6, 6.07) is 15.8. The number of hydrogen-bond acceptors (Lipinski definition) is 3. The average Bonchev–Trinajstić information content (AvgIpc) is 3.23. The third kappa shape index (κ3) is 4.26. The van der Waals surface area contributed by atoms with E-state index in [4.69, 9.17) is 9.47 Å². The molecule has 5 nitrogen and oxygen atoms in total. The molecule has 4 atom stereocenters. The standard InChI is InChI=1S/C23H26N2O3/c1-15-10-16(2)12-19(11-15)24-23(26)25-20-14-28-21-18(13-27-22(20)21)9-8-17-6-4-3-5-7-17/h3-12,18,20-22H,13-14H2,1-2H3,(H2,24,25,26)/b9-8-/t18-,20+,21?,22-/m1/s1. The van der Waals surface area contributed by atoms with Crippen LogP contribution in [0.3, 0.4) is 0 Å². The summed E-state index contributed by atoms with van der Waals surface area (Å²) in [5.41, 5.74) is 4.19. The molecule has 2 heterocycles. The van der Waals surface area contributed by atoms with E-state index in [1.165, 1.54) is 0 Å². The Morgan fingerprint density at radius 1 is 1.00 bits per heavy atom. The minimum absolute atomic E-state index is 0.0218. The number of benzene rings is 2. The highest BCUT2D eigenvalue weighted by atomic mass is 16.6. The van der Waals surface area contributed by atoms with Gasteiger partial charge in [0.05, 0.1) is 25.4 Å². The molecule has 0 aliphatic carbocycles. The highest BCUT2D eigenvalue weighted by Gasteiger charge is 2.47. The highest BCUT2D eigenvalue weighted by Crippen LogP contribution is 2.32. The molecule has 0 bridgehead atoms. The number of aryl methyl sites for hydroxylation is 2. The summed E-state index contributed by atoms with van der Waals surface area (Å²) < 4.78 is 11.9. The molecule has 0 saturated carbocycles.